The summed E-state index contributed by atoms with van der Waals surface area (Å²) >= 11 is 0. The van der Waals surface area contributed by atoms with Crippen molar-refractivity contribution in [2.75, 3.05) is 26.7 Å². The number of carbonyl (C=O) groups excluding carboxylic acids is 1. The summed E-state index contributed by atoms with van der Waals surface area (Å²) in [5, 5.41) is 3.32. The summed E-state index contributed by atoms with van der Waals surface area (Å²) in [6.07, 6.45) is 4.76. The second-order valence-electron chi connectivity index (χ2n) is 5.64. The molecule has 1 heterocycles. The Kier molecular flexibility index (Phi) is 6.05. The summed E-state index contributed by atoms with van der Waals surface area (Å²) in [5.41, 5.74) is 1.09. The lowest BCUT2D eigenvalue weighted by molar-refractivity contribution is -0.130. The molecule has 1 aromatic carbocycles. The summed E-state index contributed by atoms with van der Waals surface area (Å²) < 4.78 is 5.37. The van der Waals surface area contributed by atoms with Gasteiger partial charge in [0.25, 0.3) is 0 Å². The Hall–Kier alpha value is -1.55. The lowest BCUT2D eigenvalue weighted by atomic mass is 10.1. The number of methoxy groups -OCH3 is 1. The van der Waals surface area contributed by atoms with Crippen molar-refractivity contribution in [3.8, 4) is 5.75 Å². The Bertz CT molecular complexity index is 454. The van der Waals surface area contributed by atoms with Crippen LogP contribution >= 0.6 is 0 Å². The van der Waals surface area contributed by atoms with Crippen LogP contribution in [-0.2, 0) is 4.79 Å². The van der Waals surface area contributed by atoms with Crippen LogP contribution in [0.5, 0.6) is 5.75 Å². The minimum atomic E-state index is 0.0945. The van der Waals surface area contributed by atoms with Crippen molar-refractivity contribution in [1.29, 1.82) is 0 Å². The highest BCUT2D eigenvalue weighted by Gasteiger charge is 2.17. The first kappa shape index (κ1) is 15.8. The second kappa shape index (κ2) is 8.03. The van der Waals surface area contributed by atoms with Crippen LogP contribution in [0.3, 0.4) is 0 Å². The third-order valence-corrected chi connectivity index (χ3v) is 4.12. The predicted molar refractivity (Wildman–Crippen MR) is 84.5 cm³/mol. The molecular formula is C17H26N2O2. The molecular weight excluding hydrogens is 264 g/mol. The van der Waals surface area contributed by atoms with Crippen LogP contribution in [0.25, 0.3) is 0 Å². The smallest absolute Gasteiger partial charge is 0.236 e. The number of nitrogens with zero attached hydrogens (tertiary/aromatic N) is 1. The first-order valence-electron chi connectivity index (χ1n) is 7.86. The van der Waals surface area contributed by atoms with Crippen molar-refractivity contribution >= 4 is 5.91 Å². The van der Waals surface area contributed by atoms with Crippen molar-refractivity contribution < 1.29 is 9.53 Å². The van der Waals surface area contributed by atoms with Gasteiger partial charge in [0, 0.05) is 24.7 Å². The van der Waals surface area contributed by atoms with Gasteiger partial charge >= 0.3 is 0 Å². The number of carbonyl (C=O) groups is 1. The van der Waals surface area contributed by atoms with Gasteiger partial charge in [-0.25, -0.2) is 0 Å². The van der Waals surface area contributed by atoms with Gasteiger partial charge in [0.1, 0.15) is 5.75 Å². The van der Waals surface area contributed by atoms with Gasteiger partial charge in [0.05, 0.1) is 13.7 Å². The van der Waals surface area contributed by atoms with Gasteiger partial charge in [0.15, 0.2) is 0 Å². The quantitative estimate of drug-likeness (QED) is 0.906. The molecule has 1 amide bonds. The van der Waals surface area contributed by atoms with E-state index >= 15 is 0 Å². The molecule has 1 saturated heterocycles. The predicted octanol–water partition coefficient (Wildman–Crippen LogP) is 2.75. The van der Waals surface area contributed by atoms with Crippen molar-refractivity contribution in [2.45, 2.75) is 38.6 Å². The number of rotatable bonds is 5. The maximum Gasteiger partial charge on any atom is 0.236 e. The van der Waals surface area contributed by atoms with E-state index in [2.05, 4.69) is 12.2 Å². The molecule has 0 saturated carbocycles. The van der Waals surface area contributed by atoms with E-state index in [9.17, 15) is 4.79 Å². The van der Waals surface area contributed by atoms with Crippen LogP contribution in [0.4, 0.5) is 0 Å². The molecule has 0 radical (unpaired) electrons. The van der Waals surface area contributed by atoms with Crippen molar-refractivity contribution in [3.63, 3.8) is 0 Å². The molecule has 0 unspecified atom stereocenters. The van der Waals surface area contributed by atoms with E-state index in [4.69, 9.17) is 4.74 Å². The van der Waals surface area contributed by atoms with E-state index in [0.29, 0.717) is 6.54 Å². The molecule has 1 aliphatic heterocycles. The number of amides is 1. The highest BCUT2D eigenvalue weighted by molar-refractivity contribution is 5.78. The molecule has 1 N–H and O–H groups in total. The largest absolute Gasteiger partial charge is 0.496 e. The first-order chi connectivity index (χ1) is 10.2. The van der Waals surface area contributed by atoms with Gasteiger partial charge in [0.2, 0.25) is 5.91 Å². The Balaban J connectivity index is 1.88. The van der Waals surface area contributed by atoms with Crippen molar-refractivity contribution in [1.82, 2.24) is 10.2 Å². The Labute approximate surface area is 127 Å². The minimum Gasteiger partial charge on any atom is -0.496 e. The Morgan fingerprint density at radius 2 is 1.90 bits per heavy atom. The number of benzene rings is 1. The summed E-state index contributed by atoms with van der Waals surface area (Å²) in [4.78, 5) is 14.3. The summed E-state index contributed by atoms with van der Waals surface area (Å²) in [6, 6.07) is 8.03. The van der Waals surface area contributed by atoms with Crippen LogP contribution in [0.2, 0.25) is 0 Å². The van der Waals surface area contributed by atoms with Gasteiger partial charge < -0.3 is 15.0 Å². The van der Waals surface area contributed by atoms with E-state index in [1.807, 2.05) is 29.2 Å². The fourth-order valence-electron chi connectivity index (χ4n) is 2.81. The fraction of sp³-hybridized carbons (Fsp3) is 0.588. The maximum absolute atomic E-state index is 12.3. The summed E-state index contributed by atoms with van der Waals surface area (Å²) in [7, 11) is 1.67. The van der Waals surface area contributed by atoms with Crippen LogP contribution in [0, 0.1) is 0 Å². The molecule has 1 aromatic rings. The molecule has 21 heavy (non-hydrogen) atoms. The summed E-state index contributed by atoms with van der Waals surface area (Å²) in [6.45, 7) is 4.26. The molecule has 0 spiro atoms. The molecule has 0 bridgehead atoms. The Morgan fingerprint density at radius 3 is 2.57 bits per heavy atom. The van der Waals surface area contributed by atoms with Crippen LogP contribution in [-0.4, -0.2) is 37.6 Å². The van der Waals surface area contributed by atoms with Crippen LogP contribution < -0.4 is 10.1 Å². The van der Waals surface area contributed by atoms with Gasteiger partial charge in [-0.05, 0) is 25.8 Å². The second-order valence-corrected chi connectivity index (χ2v) is 5.64. The van der Waals surface area contributed by atoms with Crippen molar-refractivity contribution in [2.24, 2.45) is 0 Å². The highest BCUT2D eigenvalue weighted by Crippen LogP contribution is 2.24. The molecule has 116 valence electrons. The number of hydrogen-bond acceptors (Lipinski definition) is 3. The van der Waals surface area contributed by atoms with Gasteiger partial charge in [-0.3, -0.25) is 4.79 Å². The SMILES string of the molecule is COc1ccccc1[C@@H](C)NCC(=O)N1CCCCCC1. The molecule has 4 heteroatoms. The number of para-hydroxylation sites is 1. The lowest BCUT2D eigenvalue weighted by Crippen LogP contribution is -2.39. The minimum absolute atomic E-state index is 0.0945. The zero-order valence-corrected chi connectivity index (χ0v) is 13.1. The van der Waals surface area contributed by atoms with Crippen LogP contribution in [0.1, 0.15) is 44.2 Å². The molecule has 2 rings (SSSR count). The molecule has 1 fully saturated rings. The third kappa shape index (κ3) is 4.46. The zero-order chi connectivity index (χ0) is 15.1. The Morgan fingerprint density at radius 1 is 1.24 bits per heavy atom. The van der Waals surface area contributed by atoms with Gasteiger partial charge in [-0.1, -0.05) is 31.0 Å². The molecule has 1 atom stereocenters. The highest BCUT2D eigenvalue weighted by atomic mass is 16.5. The van der Waals surface area contributed by atoms with Crippen LogP contribution in [0.15, 0.2) is 24.3 Å². The number of hydrogen-bond donors (Lipinski definition) is 1. The topological polar surface area (TPSA) is 41.6 Å². The zero-order valence-electron chi connectivity index (χ0n) is 13.1. The van der Waals surface area contributed by atoms with Gasteiger partial charge in [-0.15, -0.1) is 0 Å². The molecule has 0 aromatic heterocycles. The number of nitrogens with one attached hydrogen (secondary N) is 1. The van der Waals surface area contributed by atoms with E-state index in [1.54, 1.807) is 7.11 Å². The standard InChI is InChI=1S/C17H26N2O2/c1-14(15-9-5-6-10-16(15)21-2)18-13-17(20)19-11-7-3-4-8-12-19/h5-6,9-10,14,18H,3-4,7-8,11-13H2,1-2H3/t14-/m1/s1. The average Bonchev–Trinajstić information content (AvgIpc) is 2.81. The monoisotopic (exact) mass is 290 g/mol. The van der Waals surface area contributed by atoms with Gasteiger partial charge in [-0.2, -0.15) is 0 Å². The van der Waals surface area contributed by atoms with E-state index < -0.39 is 0 Å². The molecule has 1 aliphatic rings. The molecule has 0 aliphatic carbocycles. The molecule has 4 nitrogen and oxygen atoms in total. The number of ether oxygens (including phenoxy) is 1. The normalized spacial score (nSPS) is 17.1. The van der Waals surface area contributed by atoms with Crippen molar-refractivity contribution in [3.05, 3.63) is 29.8 Å². The third-order valence-electron chi connectivity index (χ3n) is 4.12. The first-order valence-corrected chi connectivity index (χ1v) is 7.86. The van der Waals surface area contributed by atoms with E-state index in [1.165, 1.54) is 12.8 Å². The fourth-order valence-corrected chi connectivity index (χ4v) is 2.81. The maximum atomic E-state index is 12.3. The average molecular weight is 290 g/mol. The van der Waals surface area contributed by atoms with E-state index in [-0.39, 0.29) is 11.9 Å². The number of likely N-dealkylation sites (tertiary alicyclic amines) is 1. The lowest BCUT2D eigenvalue weighted by Gasteiger charge is -2.22. The van der Waals surface area contributed by atoms with E-state index in [0.717, 1.165) is 37.2 Å². The summed E-state index contributed by atoms with van der Waals surface area (Å²) in [5.74, 6) is 1.07.